The minimum Gasteiger partial charge on any atom is -0.395 e. The first kappa shape index (κ1) is 17.6. The maximum atomic E-state index is 13.4. The lowest BCUT2D eigenvalue weighted by Gasteiger charge is -2.52. The summed E-state index contributed by atoms with van der Waals surface area (Å²) in [5, 5.41) is 10.1. The topological polar surface area (TPSA) is 40.5 Å². The van der Waals surface area contributed by atoms with Crippen LogP contribution >= 0.6 is 0 Å². The molecule has 1 saturated heterocycles. The van der Waals surface area contributed by atoms with Crippen molar-refractivity contribution in [3.63, 3.8) is 0 Å². The molecule has 1 aromatic carbocycles. The van der Waals surface area contributed by atoms with Crippen LogP contribution in [0.5, 0.6) is 0 Å². The Labute approximate surface area is 156 Å². The molecule has 1 N–H and O–H groups in total. The average Bonchev–Trinajstić information content (AvgIpc) is 2.75. The highest BCUT2D eigenvalue weighted by molar-refractivity contribution is 5.83. The molecule has 4 fully saturated rings. The molecule has 3 aliphatic carbocycles. The number of likely N-dealkylation sites (tertiary alicyclic amines) is 1. The number of carbonyl (C=O) groups is 1. The number of rotatable bonds is 3. The second kappa shape index (κ2) is 6.43. The van der Waals surface area contributed by atoms with Crippen LogP contribution in [0.4, 0.5) is 0 Å². The fourth-order valence-electron chi connectivity index (χ4n) is 5.53. The van der Waals surface area contributed by atoms with Crippen molar-refractivity contribution in [1.82, 2.24) is 4.90 Å². The molecule has 1 amide bonds. The van der Waals surface area contributed by atoms with Gasteiger partial charge >= 0.3 is 0 Å². The van der Waals surface area contributed by atoms with Gasteiger partial charge < -0.3 is 10.0 Å². The summed E-state index contributed by atoms with van der Waals surface area (Å²) >= 11 is 0. The molecule has 5 rings (SSSR count). The van der Waals surface area contributed by atoms with Crippen molar-refractivity contribution in [2.45, 2.75) is 56.8 Å². The number of piperidine rings is 1. The Morgan fingerprint density at radius 1 is 1.00 bits per heavy atom. The number of benzene rings is 1. The maximum absolute atomic E-state index is 13.4. The normalized spacial score (nSPS) is 32.8. The quantitative estimate of drug-likeness (QED) is 0.847. The zero-order chi connectivity index (χ0) is 18.3. The minimum absolute atomic E-state index is 0.0727. The Morgan fingerprint density at radius 2 is 1.58 bits per heavy atom. The number of aliphatic hydroxyl groups excluding tert-OH is 1. The molecule has 2 bridgehead atoms. The van der Waals surface area contributed by atoms with Gasteiger partial charge in [0.2, 0.25) is 5.91 Å². The summed E-state index contributed by atoms with van der Waals surface area (Å²) in [6, 6.07) is 10.3. The summed E-state index contributed by atoms with van der Waals surface area (Å²) in [6.45, 7) is 1.64. The Balaban J connectivity index is 1.45. The zero-order valence-corrected chi connectivity index (χ0v) is 15.5. The standard InChI is InChI=1S/C23H29NO2/c1-2-21-8-11-22(12-9-21,13-10-21)20(26)24-16-14-23(18-25,15-17-24)19-6-4-3-5-7-19/h1,3-7,25H,8-18H2. The van der Waals surface area contributed by atoms with Gasteiger partial charge in [-0.05, 0) is 56.9 Å². The molecule has 0 spiro atoms. The van der Waals surface area contributed by atoms with Gasteiger partial charge in [0.05, 0.1) is 6.61 Å². The largest absolute Gasteiger partial charge is 0.395 e. The molecule has 0 unspecified atom stereocenters. The van der Waals surface area contributed by atoms with Crippen LogP contribution in [0.1, 0.15) is 56.9 Å². The number of nitrogens with zero attached hydrogens (tertiary/aromatic N) is 1. The van der Waals surface area contributed by atoms with Crippen LogP contribution in [0.3, 0.4) is 0 Å². The Kier molecular flexibility index (Phi) is 4.35. The monoisotopic (exact) mass is 351 g/mol. The van der Waals surface area contributed by atoms with E-state index in [0.717, 1.165) is 64.5 Å². The Bertz CT molecular complexity index is 685. The SMILES string of the molecule is C#CC12CCC(C(=O)N3CCC(CO)(c4ccccc4)CC3)(CC1)CC2. The molecule has 3 nitrogen and oxygen atoms in total. The van der Waals surface area contributed by atoms with Crippen LogP contribution in [-0.2, 0) is 10.2 Å². The number of aliphatic hydroxyl groups is 1. The van der Waals surface area contributed by atoms with Crippen molar-refractivity contribution in [3.8, 4) is 12.3 Å². The zero-order valence-electron chi connectivity index (χ0n) is 15.5. The van der Waals surface area contributed by atoms with Gasteiger partial charge in [0, 0.05) is 29.3 Å². The van der Waals surface area contributed by atoms with E-state index >= 15 is 0 Å². The van der Waals surface area contributed by atoms with E-state index in [1.54, 1.807) is 0 Å². The smallest absolute Gasteiger partial charge is 0.228 e. The molecule has 0 radical (unpaired) electrons. The first-order valence-corrected chi connectivity index (χ1v) is 10.0. The lowest BCUT2D eigenvalue weighted by atomic mass is 9.53. The van der Waals surface area contributed by atoms with Crippen molar-refractivity contribution in [2.24, 2.45) is 10.8 Å². The average molecular weight is 351 g/mol. The van der Waals surface area contributed by atoms with Crippen LogP contribution in [-0.4, -0.2) is 35.6 Å². The molecule has 26 heavy (non-hydrogen) atoms. The molecular weight excluding hydrogens is 322 g/mol. The summed E-state index contributed by atoms with van der Waals surface area (Å²) in [7, 11) is 0. The predicted octanol–water partition coefficient (Wildman–Crippen LogP) is 3.51. The third kappa shape index (κ3) is 2.67. The summed E-state index contributed by atoms with van der Waals surface area (Å²) < 4.78 is 0. The first-order valence-electron chi connectivity index (χ1n) is 10.0. The summed E-state index contributed by atoms with van der Waals surface area (Å²) in [5.41, 5.74) is 0.906. The van der Waals surface area contributed by atoms with Gasteiger partial charge in [0.25, 0.3) is 0 Å². The van der Waals surface area contributed by atoms with E-state index in [0.29, 0.717) is 5.91 Å². The maximum Gasteiger partial charge on any atom is 0.228 e. The molecule has 0 atom stereocenters. The van der Waals surface area contributed by atoms with Crippen LogP contribution in [0, 0.1) is 23.2 Å². The fraction of sp³-hybridized carbons (Fsp3) is 0.609. The van der Waals surface area contributed by atoms with Crippen molar-refractivity contribution in [1.29, 1.82) is 0 Å². The van der Waals surface area contributed by atoms with Gasteiger partial charge in [-0.15, -0.1) is 6.42 Å². The lowest BCUT2D eigenvalue weighted by Crippen LogP contribution is -2.55. The molecule has 0 aromatic heterocycles. The Hall–Kier alpha value is -1.79. The number of carbonyl (C=O) groups excluding carboxylic acids is 1. The molecule has 1 heterocycles. The van der Waals surface area contributed by atoms with Crippen molar-refractivity contribution >= 4 is 5.91 Å². The summed E-state index contributed by atoms with van der Waals surface area (Å²) in [5.74, 6) is 3.37. The highest BCUT2D eigenvalue weighted by Crippen LogP contribution is 2.57. The van der Waals surface area contributed by atoms with E-state index in [1.807, 2.05) is 18.2 Å². The van der Waals surface area contributed by atoms with E-state index in [-0.39, 0.29) is 22.9 Å². The third-order valence-electron chi connectivity index (χ3n) is 7.70. The Morgan fingerprint density at radius 3 is 2.08 bits per heavy atom. The molecule has 3 heteroatoms. The van der Waals surface area contributed by atoms with Gasteiger partial charge in [0.15, 0.2) is 0 Å². The van der Waals surface area contributed by atoms with E-state index in [4.69, 9.17) is 6.42 Å². The van der Waals surface area contributed by atoms with Crippen LogP contribution < -0.4 is 0 Å². The highest BCUT2D eigenvalue weighted by Gasteiger charge is 2.53. The second-order valence-electron chi connectivity index (χ2n) is 8.80. The predicted molar refractivity (Wildman–Crippen MR) is 102 cm³/mol. The van der Waals surface area contributed by atoms with Crippen molar-refractivity contribution in [3.05, 3.63) is 35.9 Å². The number of hydrogen-bond acceptors (Lipinski definition) is 2. The molecule has 4 aliphatic rings. The van der Waals surface area contributed by atoms with Crippen LogP contribution in [0.25, 0.3) is 0 Å². The highest BCUT2D eigenvalue weighted by atomic mass is 16.3. The summed E-state index contributed by atoms with van der Waals surface area (Å²) in [4.78, 5) is 15.4. The minimum atomic E-state index is -0.201. The van der Waals surface area contributed by atoms with Gasteiger partial charge in [-0.2, -0.15) is 0 Å². The van der Waals surface area contributed by atoms with Crippen molar-refractivity contribution in [2.75, 3.05) is 19.7 Å². The number of hydrogen-bond donors (Lipinski definition) is 1. The fourth-order valence-corrected chi connectivity index (χ4v) is 5.53. The van der Waals surface area contributed by atoms with Gasteiger partial charge in [-0.1, -0.05) is 36.3 Å². The number of terminal acetylenes is 1. The molecule has 1 aromatic rings. The molecule has 138 valence electrons. The van der Waals surface area contributed by atoms with Gasteiger partial charge in [-0.25, -0.2) is 0 Å². The van der Waals surface area contributed by atoms with E-state index < -0.39 is 0 Å². The first-order chi connectivity index (χ1) is 12.6. The van der Waals surface area contributed by atoms with Crippen molar-refractivity contribution < 1.29 is 9.90 Å². The van der Waals surface area contributed by atoms with Gasteiger partial charge in [-0.3, -0.25) is 4.79 Å². The van der Waals surface area contributed by atoms with Crippen LogP contribution in [0.2, 0.25) is 0 Å². The van der Waals surface area contributed by atoms with E-state index in [1.165, 1.54) is 5.56 Å². The second-order valence-corrected chi connectivity index (χ2v) is 8.80. The lowest BCUT2D eigenvalue weighted by molar-refractivity contribution is -0.152. The molecule has 3 saturated carbocycles. The molecular formula is C23H29NO2. The number of amides is 1. The third-order valence-corrected chi connectivity index (χ3v) is 7.70. The van der Waals surface area contributed by atoms with E-state index in [2.05, 4.69) is 23.0 Å². The van der Waals surface area contributed by atoms with Crippen LogP contribution in [0.15, 0.2) is 30.3 Å². The molecule has 1 aliphatic heterocycles. The van der Waals surface area contributed by atoms with Gasteiger partial charge in [0.1, 0.15) is 0 Å². The van der Waals surface area contributed by atoms with E-state index in [9.17, 15) is 9.90 Å². The number of fused-ring (bicyclic) bond motifs is 3. The summed E-state index contributed by atoms with van der Waals surface area (Å²) in [6.07, 6.45) is 13.3.